The number of ether oxygens (including phenoxy) is 3. The van der Waals surface area contributed by atoms with Crippen molar-refractivity contribution in [2.75, 3.05) is 7.11 Å². The molecular weight excluding hydrogens is 439 g/mol. The van der Waals surface area contributed by atoms with E-state index in [1.54, 1.807) is 37.4 Å². The van der Waals surface area contributed by atoms with Crippen molar-refractivity contribution < 1.29 is 28.5 Å². The molecule has 0 aliphatic rings. The van der Waals surface area contributed by atoms with Gasteiger partial charge in [0, 0.05) is 25.6 Å². The van der Waals surface area contributed by atoms with E-state index >= 15 is 0 Å². The third-order valence-electron chi connectivity index (χ3n) is 5.50. The molecule has 0 spiro atoms. The Morgan fingerprint density at radius 2 is 1.76 bits per heavy atom. The van der Waals surface area contributed by atoms with Gasteiger partial charge < -0.3 is 23.9 Å². The number of methoxy groups -OCH3 is 1. The van der Waals surface area contributed by atoms with Gasteiger partial charge in [0.2, 0.25) is 0 Å². The Morgan fingerprint density at radius 1 is 1.00 bits per heavy atom. The quantitative estimate of drug-likeness (QED) is 0.360. The first-order valence-electron chi connectivity index (χ1n) is 10.8. The summed E-state index contributed by atoms with van der Waals surface area (Å²) in [6, 6.07) is 17.0. The van der Waals surface area contributed by atoms with E-state index in [1.165, 1.54) is 12.1 Å². The van der Waals surface area contributed by atoms with Crippen molar-refractivity contribution in [3.05, 3.63) is 83.4 Å². The average Bonchev–Trinajstić information content (AvgIpc) is 3.16. The highest BCUT2D eigenvalue weighted by atomic mass is 19.1. The highest BCUT2D eigenvalue weighted by molar-refractivity contribution is 5.77. The monoisotopic (exact) mass is 464 g/mol. The fourth-order valence-corrected chi connectivity index (χ4v) is 3.57. The van der Waals surface area contributed by atoms with Crippen LogP contribution in [-0.4, -0.2) is 27.7 Å². The van der Waals surface area contributed by atoms with Gasteiger partial charge in [-0.1, -0.05) is 18.2 Å². The number of carboxylic acid groups (broad SMARTS) is 1. The fourth-order valence-electron chi connectivity index (χ4n) is 3.57. The van der Waals surface area contributed by atoms with Crippen LogP contribution in [0.1, 0.15) is 23.4 Å². The summed E-state index contributed by atoms with van der Waals surface area (Å²) in [5.74, 6) is 1.38. The molecule has 0 saturated carbocycles. The molecule has 0 saturated heterocycles. The van der Waals surface area contributed by atoms with Gasteiger partial charge in [0.05, 0.1) is 18.1 Å². The molecule has 4 rings (SSSR count). The van der Waals surface area contributed by atoms with Gasteiger partial charge in [-0.05, 0) is 47.9 Å². The molecule has 0 aliphatic heterocycles. The number of rotatable bonds is 10. The lowest BCUT2D eigenvalue weighted by molar-refractivity contribution is -0.136. The smallest absolute Gasteiger partial charge is 0.303 e. The fraction of sp³-hybridized carbons (Fsp3) is 0.231. The summed E-state index contributed by atoms with van der Waals surface area (Å²) in [6.45, 7) is 0.454. The number of aryl methyl sites for hydroxylation is 2. The molecule has 0 amide bonds. The Kier molecular flexibility index (Phi) is 6.96. The van der Waals surface area contributed by atoms with Crippen molar-refractivity contribution in [1.82, 2.24) is 9.55 Å². The summed E-state index contributed by atoms with van der Waals surface area (Å²) >= 11 is 0. The minimum Gasteiger partial charge on any atom is -0.497 e. The van der Waals surface area contributed by atoms with Crippen LogP contribution in [0, 0.1) is 5.82 Å². The van der Waals surface area contributed by atoms with E-state index in [2.05, 4.69) is 4.98 Å². The molecule has 1 N–H and O–H groups in total. The number of fused-ring (bicyclic) bond motifs is 1. The van der Waals surface area contributed by atoms with E-state index in [4.69, 9.17) is 19.3 Å². The standard InChI is InChI=1S/C26H25FN2O5/c1-29-23-13-20(32-2)10-11-22(23)28-25(29)16-33-21-9-5-18(6-12-26(30)31)24(14-21)34-15-17-3-7-19(27)8-4-17/h3-5,7-11,13-14H,6,12,15-16H2,1-2H3,(H,30,31). The second-order valence-electron chi connectivity index (χ2n) is 7.81. The number of imidazole rings is 1. The van der Waals surface area contributed by atoms with Crippen molar-refractivity contribution >= 4 is 17.0 Å². The zero-order valence-electron chi connectivity index (χ0n) is 19.0. The SMILES string of the molecule is COc1ccc2nc(COc3ccc(CCC(=O)O)c(OCc4ccc(F)cc4)c3)n(C)c2c1. The zero-order valence-corrected chi connectivity index (χ0v) is 19.0. The predicted molar refractivity (Wildman–Crippen MR) is 125 cm³/mol. The third-order valence-corrected chi connectivity index (χ3v) is 5.50. The Labute approximate surface area is 196 Å². The van der Waals surface area contributed by atoms with Crippen LogP contribution >= 0.6 is 0 Å². The van der Waals surface area contributed by atoms with Crippen molar-refractivity contribution in [3.8, 4) is 17.2 Å². The number of hydrogen-bond acceptors (Lipinski definition) is 5. The van der Waals surface area contributed by atoms with E-state index in [9.17, 15) is 9.18 Å². The van der Waals surface area contributed by atoms with Gasteiger partial charge in [0.25, 0.3) is 0 Å². The number of benzene rings is 3. The Balaban J connectivity index is 1.51. The molecule has 0 aliphatic carbocycles. The molecule has 0 bridgehead atoms. The molecule has 0 fully saturated rings. The van der Waals surface area contributed by atoms with Crippen molar-refractivity contribution in [3.63, 3.8) is 0 Å². The van der Waals surface area contributed by atoms with Crippen LogP contribution in [0.2, 0.25) is 0 Å². The maximum atomic E-state index is 13.2. The first-order chi connectivity index (χ1) is 16.4. The van der Waals surface area contributed by atoms with Crippen LogP contribution in [0.5, 0.6) is 17.2 Å². The molecule has 0 atom stereocenters. The molecule has 176 valence electrons. The van der Waals surface area contributed by atoms with Crippen LogP contribution < -0.4 is 14.2 Å². The third kappa shape index (κ3) is 5.46. The molecule has 4 aromatic rings. The van der Waals surface area contributed by atoms with Crippen LogP contribution in [-0.2, 0) is 31.5 Å². The number of nitrogens with zero attached hydrogens (tertiary/aromatic N) is 2. The molecule has 0 radical (unpaired) electrons. The summed E-state index contributed by atoms with van der Waals surface area (Å²) < 4.78 is 32.4. The summed E-state index contributed by atoms with van der Waals surface area (Å²) in [5.41, 5.74) is 3.33. The van der Waals surface area contributed by atoms with Gasteiger partial charge in [-0.2, -0.15) is 0 Å². The van der Waals surface area contributed by atoms with Crippen LogP contribution in [0.3, 0.4) is 0 Å². The number of carboxylic acids is 1. The normalized spacial score (nSPS) is 10.9. The number of aliphatic carboxylic acids is 1. The van der Waals surface area contributed by atoms with Crippen LogP contribution in [0.4, 0.5) is 4.39 Å². The molecule has 0 unspecified atom stereocenters. The number of carbonyl (C=O) groups is 1. The Bertz CT molecular complexity index is 1300. The maximum Gasteiger partial charge on any atom is 0.303 e. The van der Waals surface area contributed by atoms with Crippen LogP contribution in [0.15, 0.2) is 60.7 Å². The predicted octanol–water partition coefficient (Wildman–Crippen LogP) is 4.90. The molecule has 1 heterocycles. The first kappa shape index (κ1) is 23.1. The van der Waals surface area contributed by atoms with Gasteiger partial charge >= 0.3 is 5.97 Å². The molecule has 34 heavy (non-hydrogen) atoms. The second-order valence-corrected chi connectivity index (χ2v) is 7.81. The highest BCUT2D eigenvalue weighted by Gasteiger charge is 2.12. The zero-order chi connectivity index (χ0) is 24.1. The molecule has 3 aromatic carbocycles. The minimum atomic E-state index is -0.886. The van der Waals surface area contributed by atoms with E-state index in [-0.39, 0.29) is 25.5 Å². The summed E-state index contributed by atoms with van der Waals surface area (Å²) in [7, 11) is 3.54. The Hall–Kier alpha value is -4.07. The summed E-state index contributed by atoms with van der Waals surface area (Å²) in [5, 5.41) is 9.07. The number of aromatic nitrogens is 2. The van der Waals surface area contributed by atoms with Crippen LogP contribution in [0.25, 0.3) is 11.0 Å². The average molecular weight is 464 g/mol. The Morgan fingerprint density at radius 3 is 2.50 bits per heavy atom. The molecule has 7 nitrogen and oxygen atoms in total. The highest BCUT2D eigenvalue weighted by Crippen LogP contribution is 2.28. The largest absolute Gasteiger partial charge is 0.497 e. The van der Waals surface area contributed by atoms with Gasteiger partial charge in [0.15, 0.2) is 0 Å². The lowest BCUT2D eigenvalue weighted by Crippen LogP contribution is -2.05. The van der Waals surface area contributed by atoms with E-state index < -0.39 is 5.97 Å². The van der Waals surface area contributed by atoms with Gasteiger partial charge in [-0.25, -0.2) is 9.37 Å². The molecule has 1 aromatic heterocycles. The van der Waals surface area contributed by atoms with E-state index in [0.29, 0.717) is 17.9 Å². The van der Waals surface area contributed by atoms with Crippen molar-refractivity contribution in [2.45, 2.75) is 26.1 Å². The van der Waals surface area contributed by atoms with Gasteiger partial charge in [0.1, 0.15) is 42.1 Å². The topological polar surface area (TPSA) is 82.8 Å². The van der Waals surface area contributed by atoms with E-state index in [1.807, 2.05) is 29.8 Å². The minimum absolute atomic E-state index is 0.0174. The van der Waals surface area contributed by atoms with Gasteiger partial charge in [-0.3, -0.25) is 4.79 Å². The lowest BCUT2D eigenvalue weighted by Gasteiger charge is -2.14. The summed E-state index contributed by atoms with van der Waals surface area (Å²) in [6.07, 6.45) is 0.303. The maximum absolute atomic E-state index is 13.2. The van der Waals surface area contributed by atoms with Crippen molar-refractivity contribution in [1.29, 1.82) is 0 Å². The number of halogens is 1. The summed E-state index contributed by atoms with van der Waals surface area (Å²) in [4.78, 5) is 15.7. The molecule has 8 heteroatoms. The van der Waals surface area contributed by atoms with Crippen molar-refractivity contribution in [2.24, 2.45) is 7.05 Å². The first-order valence-corrected chi connectivity index (χ1v) is 10.8. The second kappa shape index (κ2) is 10.2. The van der Waals surface area contributed by atoms with Gasteiger partial charge in [-0.15, -0.1) is 0 Å². The number of hydrogen-bond donors (Lipinski definition) is 1. The van der Waals surface area contributed by atoms with E-state index in [0.717, 1.165) is 33.7 Å². The lowest BCUT2D eigenvalue weighted by atomic mass is 10.1. The molecular formula is C26H25FN2O5.